The fourth-order valence-electron chi connectivity index (χ4n) is 8.10. The molecule has 2 saturated carbocycles. The Bertz CT molecular complexity index is 1770. The molecule has 8 atom stereocenters. The lowest BCUT2D eigenvalue weighted by atomic mass is 9.68. The first-order valence-electron chi connectivity index (χ1n) is 14.8. The van der Waals surface area contributed by atoms with E-state index < -0.39 is 53.3 Å². The standard InChI is InChI=1S/C32H30FN3O7S2/c1-13(2)25(31(40)41)36-29(38)23-17-11-18(24(23)30(36)39)26-22(17)21(27-28(44-26)35-32(42)45-27)16-5-3-4-6-19(16)43-12-20(37)34-15-9-7-14(33)8-10-15/h3-10,13,17-18,21-26H,11-12H2,1-2H3,(H,34,37)(H,35,42)(H,40,41)/t17?,18?,21-,22?,23?,24?,25?,26?/m1/s1. The van der Waals surface area contributed by atoms with Crippen molar-refractivity contribution in [2.75, 3.05) is 11.9 Å². The summed E-state index contributed by atoms with van der Waals surface area (Å²) in [5, 5.41) is 13.3. The summed E-state index contributed by atoms with van der Waals surface area (Å²) in [5.74, 6) is -4.93. The van der Waals surface area contributed by atoms with E-state index in [-0.39, 0.29) is 40.4 Å². The van der Waals surface area contributed by atoms with Crippen molar-refractivity contribution in [2.45, 2.75) is 42.5 Å². The number of carbonyl (C=O) groups is 4. The Morgan fingerprint density at radius 2 is 1.76 bits per heavy atom. The number of hydrogen-bond acceptors (Lipinski definition) is 8. The number of nitrogens with one attached hydrogen (secondary N) is 2. The van der Waals surface area contributed by atoms with Gasteiger partial charge in [0.25, 0.3) is 5.91 Å². The number of aliphatic carboxylic acids is 1. The van der Waals surface area contributed by atoms with Crippen molar-refractivity contribution in [3.05, 3.63) is 74.5 Å². The number of benzene rings is 2. The van der Waals surface area contributed by atoms with Gasteiger partial charge in [-0.25, -0.2) is 9.18 Å². The Kier molecular flexibility index (Phi) is 7.35. The maximum atomic E-state index is 13.9. The van der Waals surface area contributed by atoms with Gasteiger partial charge in [-0.1, -0.05) is 43.4 Å². The molecule has 2 aromatic carbocycles. The third kappa shape index (κ3) is 4.78. The summed E-state index contributed by atoms with van der Waals surface area (Å²) in [5.41, 5.74) is 1.19. The zero-order valence-corrected chi connectivity index (χ0v) is 25.9. The molecule has 4 aliphatic rings. The van der Waals surface area contributed by atoms with Crippen LogP contribution in [-0.2, 0) is 19.2 Å². The highest BCUT2D eigenvalue weighted by molar-refractivity contribution is 8.00. The van der Waals surface area contributed by atoms with E-state index in [0.29, 0.717) is 17.9 Å². The number of carbonyl (C=O) groups excluding carboxylic acids is 3. The van der Waals surface area contributed by atoms with Crippen LogP contribution in [0.5, 0.6) is 5.75 Å². The molecule has 3 aromatic rings. The fraction of sp³-hybridized carbons (Fsp3) is 0.406. The maximum Gasteiger partial charge on any atom is 0.327 e. The quantitative estimate of drug-likeness (QED) is 0.308. The number of ether oxygens (including phenoxy) is 1. The molecule has 3 N–H and O–H groups in total. The van der Waals surface area contributed by atoms with Crippen LogP contribution >= 0.6 is 23.1 Å². The molecule has 234 valence electrons. The first-order chi connectivity index (χ1) is 21.5. The van der Waals surface area contributed by atoms with Crippen molar-refractivity contribution in [1.82, 2.24) is 9.88 Å². The maximum absolute atomic E-state index is 13.9. The van der Waals surface area contributed by atoms with Crippen LogP contribution < -0.4 is 14.9 Å². The fourth-order valence-corrected chi connectivity index (χ4v) is 11.0. The van der Waals surface area contributed by atoms with Crippen molar-refractivity contribution < 1.29 is 33.4 Å². The highest BCUT2D eigenvalue weighted by Gasteiger charge is 2.70. The van der Waals surface area contributed by atoms with Crippen molar-refractivity contribution in [1.29, 1.82) is 0 Å². The number of anilines is 1. The molecule has 3 heterocycles. The van der Waals surface area contributed by atoms with Crippen LogP contribution in [0.4, 0.5) is 10.1 Å². The van der Waals surface area contributed by atoms with Gasteiger partial charge in [0.05, 0.1) is 16.9 Å². The number of halogens is 1. The summed E-state index contributed by atoms with van der Waals surface area (Å²) in [6.07, 6.45) is 0.654. The molecule has 7 unspecified atom stereocenters. The molecular formula is C32H30FN3O7S2. The zero-order chi connectivity index (χ0) is 31.7. The normalized spacial score (nSPS) is 28.5. The van der Waals surface area contributed by atoms with Gasteiger partial charge in [-0.3, -0.25) is 24.1 Å². The summed E-state index contributed by atoms with van der Waals surface area (Å²) < 4.78 is 19.3. The number of hydrogen-bond donors (Lipinski definition) is 3. The second-order valence-corrected chi connectivity index (χ2v) is 14.6. The number of thiazole rings is 1. The van der Waals surface area contributed by atoms with Gasteiger partial charge in [-0.05, 0) is 60.4 Å². The average molecular weight is 652 g/mol. The highest BCUT2D eigenvalue weighted by atomic mass is 32.2. The molecule has 7 rings (SSSR count). The topological polar surface area (TPSA) is 146 Å². The van der Waals surface area contributed by atoms with Crippen molar-refractivity contribution >= 4 is 52.5 Å². The van der Waals surface area contributed by atoms with Gasteiger partial charge in [0.15, 0.2) is 6.61 Å². The number of H-pyrrole nitrogens is 1. The van der Waals surface area contributed by atoms with Gasteiger partial charge in [-0.15, -0.1) is 11.8 Å². The summed E-state index contributed by atoms with van der Waals surface area (Å²) in [6.45, 7) is 3.07. The summed E-state index contributed by atoms with van der Waals surface area (Å²) in [6, 6.07) is 11.5. The number of aromatic amines is 1. The van der Waals surface area contributed by atoms with E-state index >= 15 is 0 Å². The van der Waals surface area contributed by atoms with Crippen LogP contribution in [0.2, 0.25) is 0 Å². The van der Waals surface area contributed by atoms with Crippen LogP contribution in [0.25, 0.3) is 0 Å². The van der Waals surface area contributed by atoms with E-state index in [2.05, 4.69) is 10.3 Å². The smallest absolute Gasteiger partial charge is 0.327 e. The van der Waals surface area contributed by atoms with Gasteiger partial charge in [-0.2, -0.15) is 0 Å². The number of rotatable bonds is 8. The molecule has 10 nitrogen and oxygen atoms in total. The average Bonchev–Trinajstić information content (AvgIpc) is 3.73. The van der Waals surface area contributed by atoms with Gasteiger partial charge in [0.1, 0.15) is 17.6 Å². The molecule has 1 saturated heterocycles. The van der Waals surface area contributed by atoms with Gasteiger partial charge < -0.3 is 20.1 Å². The first kappa shape index (κ1) is 29.7. The Labute approximate surface area is 265 Å². The molecule has 0 spiro atoms. The second kappa shape index (κ2) is 11.1. The highest BCUT2D eigenvalue weighted by Crippen LogP contribution is 2.69. The minimum Gasteiger partial charge on any atom is -0.483 e. The molecule has 1 aromatic heterocycles. The predicted octanol–water partition coefficient (Wildman–Crippen LogP) is 4.18. The molecular weight excluding hydrogens is 621 g/mol. The Morgan fingerprint density at radius 1 is 1.07 bits per heavy atom. The van der Waals surface area contributed by atoms with E-state index in [1.807, 2.05) is 12.1 Å². The van der Waals surface area contributed by atoms with Gasteiger partial charge in [0.2, 0.25) is 11.8 Å². The van der Waals surface area contributed by atoms with Gasteiger partial charge >= 0.3 is 10.8 Å². The molecule has 2 aliphatic heterocycles. The third-order valence-electron chi connectivity index (χ3n) is 9.66. The summed E-state index contributed by atoms with van der Waals surface area (Å²) >= 11 is 2.64. The zero-order valence-electron chi connectivity index (χ0n) is 24.3. The number of imide groups is 1. The van der Waals surface area contributed by atoms with E-state index in [1.165, 1.54) is 36.0 Å². The Balaban J connectivity index is 1.22. The van der Waals surface area contributed by atoms with Crippen LogP contribution in [0, 0.1) is 41.3 Å². The second-order valence-electron chi connectivity index (χ2n) is 12.4. The molecule has 2 bridgehead atoms. The third-order valence-corrected chi connectivity index (χ3v) is 12.2. The van der Waals surface area contributed by atoms with Crippen LogP contribution in [0.3, 0.4) is 0 Å². The monoisotopic (exact) mass is 651 g/mol. The number of carboxylic acids is 1. The van der Waals surface area contributed by atoms with E-state index in [1.54, 1.807) is 26.0 Å². The lowest BCUT2D eigenvalue weighted by molar-refractivity contribution is -0.157. The van der Waals surface area contributed by atoms with Crippen LogP contribution in [-0.4, -0.2) is 56.6 Å². The molecule has 2 aliphatic carbocycles. The number of carboxylic acid groups (broad SMARTS) is 1. The van der Waals surface area contributed by atoms with Crippen molar-refractivity contribution in [2.24, 2.45) is 35.5 Å². The number of thioether (sulfide) groups is 1. The van der Waals surface area contributed by atoms with Crippen molar-refractivity contribution in [3.63, 3.8) is 0 Å². The minimum absolute atomic E-state index is 0.0899. The number of likely N-dealkylation sites (tertiary alicyclic amines) is 1. The summed E-state index contributed by atoms with van der Waals surface area (Å²) in [4.78, 5) is 69.8. The van der Waals surface area contributed by atoms with Crippen LogP contribution in [0.15, 0.2) is 58.4 Å². The molecule has 3 amide bonds. The van der Waals surface area contributed by atoms with Crippen molar-refractivity contribution in [3.8, 4) is 5.75 Å². The van der Waals surface area contributed by atoms with Crippen LogP contribution in [0.1, 0.15) is 36.6 Å². The van der Waals surface area contributed by atoms with E-state index in [9.17, 15) is 33.5 Å². The number of amides is 3. The predicted molar refractivity (Wildman–Crippen MR) is 164 cm³/mol. The Morgan fingerprint density at radius 3 is 2.44 bits per heavy atom. The SMILES string of the molecule is CC(C)C(C(=O)O)N1C(=O)C2C3CC(C2C1=O)C1C3Sc2[nH]c(=O)sc2[C@@H]1c1ccccc1OCC(=O)Nc1ccc(F)cc1. The molecule has 45 heavy (non-hydrogen) atoms. The number of aromatic nitrogens is 1. The van der Waals surface area contributed by atoms with Gasteiger partial charge in [0, 0.05) is 27.3 Å². The lowest BCUT2D eigenvalue weighted by Crippen LogP contribution is -2.49. The molecule has 3 fully saturated rings. The number of nitrogens with zero attached hydrogens (tertiary/aromatic N) is 1. The number of fused-ring (bicyclic) bond motifs is 9. The number of para-hydroxylation sites is 1. The summed E-state index contributed by atoms with van der Waals surface area (Å²) in [7, 11) is 0. The molecule has 0 radical (unpaired) electrons. The molecule has 13 heteroatoms. The first-order valence-corrected chi connectivity index (χ1v) is 16.5. The minimum atomic E-state index is -1.23. The van der Waals surface area contributed by atoms with E-state index in [4.69, 9.17) is 4.74 Å². The van der Waals surface area contributed by atoms with E-state index in [0.717, 1.165) is 31.7 Å². The lowest BCUT2D eigenvalue weighted by Gasteiger charge is -2.43. The Hall–Kier alpha value is -3.97. The largest absolute Gasteiger partial charge is 0.483 e.